The smallest absolute Gasteiger partial charge is 0.110 e. The van der Waals surface area contributed by atoms with Gasteiger partial charge in [0.05, 0.1) is 12.2 Å². The zero-order valence-electron chi connectivity index (χ0n) is 12.6. The Morgan fingerprint density at radius 2 is 1.20 bits per heavy atom. The van der Waals surface area contributed by atoms with E-state index in [0.717, 1.165) is 19.4 Å². The minimum absolute atomic E-state index is 0.311. The minimum atomic E-state index is -1.26. The molecule has 0 radical (unpaired) electrons. The Kier molecular flexibility index (Phi) is 8.64. The van der Waals surface area contributed by atoms with Gasteiger partial charge >= 0.3 is 0 Å². The third-order valence-corrected chi connectivity index (χ3v) is 4.11. The summed E-state index contributed by atoms with van der Waals surface area (Å²) in [5, 5.41) is 38.7. The maximum Gasteiger partial charge on any atom is 0.110 e. The largest absolute Gasteiger partial charge is 0.389 e. The van der Waals surface area contributed by atoms with E-state index in [2.05, 4.69) is 6.92 Å². The SMILES string of the molecule is CCCCCCCCCN1C[C@@H](O)[C@H](O)[C@H](O)[C@@H](O)C1. The number of unbranched alkanes of at least 4 members (excludes halogenated alkanes) is 6. The molecule has 0 aromatic rings. The molecule has 1 rings (SSSR count). The van der Waals surface area contributed by atoms with Gasteiger partial charge in [0, 0.05) is 13.1 Å². The van der Waals surface area contributed by atoms with Crippen molar-refractivity contribution in [3.8, 4) is 0 Å². The van der Waals surface area contributed by atoms with Crippen LogP contribution in [0.3, 0.4) is 0 Å². The van der Waals surface area contributed by atoms with Crippen molar-refractivity contribution in [1.82, 2.24) is 4.90 Å². The molecule has 4 atom stereocenters. The zero-order valence-corrected chi connectivity index (χ0v) is 12.6. The summed E-state index contributed by atoms with van der Waals surface area (Å²) < 4.78 is 0. The quantitative estimate of drug-likeness (QED) is 0.489. The van der Waals surface area contributed by atoms with Crippen molar-refractivity contribution in [2.75, 3.05) is 19.6 Å². The molecular weight excluding hydrogens is 258 g/mol. The van der Waals surface area contributed by atoms with Crippen LogP contribution >= 0.6 is 0 Å². The number of likely N-dealkylation sites (tertiary alicyclic amines) is 1. The van der Waals surface area contributed by atoms with Crippen molar-refractivity contribution in [1.29, 1.82) is 0 Å². The first kappa shape index (κ1) is 17.9. The molecule has 4 N–H and O–H groups in total. The highest BCUT2D eigenvalue weighted by Gasteiger charge is 2.35. The second-order valence-corrected chi connectivity index (χ2v) is 6.00. The number of β-amino-alcohol motifs (C(OH)–C–C–N with tert-alkyl or cyclic N) is 2. The van der Waals surface area contributed by atoms with Crippen LogP contribution in [0.4, 0.5) is 0 Å². The second-order valence-electron chi connectivity index (χ2n) is 6.00. The van der Waals surface area contributed by atoms with Crippen LogP contribution in [0.1, 0.15) is 51.9 Å². The number of rotatable bonds is 8. The fraction of sp³-hybridized carbons (Fsp3) is 1.00. The number of hydrogen-bond acceptors (Lipinski definition) is 5. The topological polar surface area (TPSA) is 84.2 Å². The Morgan fingerprint density at radius 3 is 1.70 bits per heavy atom. The van der Waals surface area contributed by atoms with E-state index in [1.165, 1.54) is 32.1 Å². The molecule has 0 aromatic carbocycles. The Hall–Kier alpha value is -0.200. The number of aliphatic hydroxyl groups excluding tert-OH is 4. The van der Waals surface area contributed by atoms with Crippen molar-refractivity contribution < 1.29 is 20.4 Å². The van der Waals surface area contributed by atoms with E-state index in [1.807, 2.05) is 4.90 Å². The van der Waals surface area contributed by atoms with Crippen molar-refractivity contribution in [3.05, 3.63) is 0 Å². The fourth-order valence-electron chi connectivity index (χ4n) is 2.75. The Labute approximate surface area is 122 Å². The van der Waals surface area contributed by atoms with E-state index in [0.29, 0.717) is 13.1 Å². The van der Waals surface area contributed by atoms with Crippen LogP contribution in [0.25, 0.3) is 0 Å². The van der Waals surface area contributed by atoms with Crippen molar-refractivity contribution in [2.24, 2.45) is 0 Å². The molecule has 0 amide bonds. The molecule has 1 saturated heterocycles. The van der Waals surface area contributed by atoms with Crippen LogP contribution < -0.4 is 0 Å². The molecule has 5 heteroatoms. The molecule has 1 heterocycles. The Bertz CT molecular complexity index is 236. The lowest BCUT2D eigenvalue weighted by atomic mass is 10.1. The highest BCUT2D eigenvalue weighted by molar-refractivity contribution is 4.88. The van der Waals surface area contributed by atoms with E-state index in [-0.39, 0.29) is 0 Å². The Balaban J connectivity index is 2.19. The first-order valence-electron chi connectivity index (χ1n) is 8.01. The van der Waals surface area contributed by atoms with Gasteiger partial charge < -0.3 is 20.4 Å². The maximum atomic E-state index is 9.75. The third kappa shape index (κ3) is 6.06. The van der Waals surface area contributed by atoms with Gasteiger partial charge in [0.1, 0.15) is 12.2 Å². The van der Waals surface area contributed by atoms with Gasteiger partial charge in [-0.15, -0.1) is 0 Å². The summed E-state index contributed by atoms with van der Waals surface area (Å²) in [6.07, 6.45) is 4.03. The predicted molar refractivity (Wildman–Crippen MR) is 78.5 cm³/mol. The van der Waals surface area contributed by atoms with Gasteiger partial charge in [-0.05, 0) is 13.0 Å². The molecular formula is C15H31NO4. The second kappa shape index (κ2) is 9.68. The van der Waals surface area contributed by atoms with Gasteiger partial charge in [-0.3, -0.25) is 4.90 Å². The predicted octanol–water partition coefficient (Wildman–Crippen LogP) is 0.496. The summed E-state index contributed by atoms with van der Waals surface area (Å²) in [5.41, 5.74) is 0. The lowest BCUT2D eigenvalue weighted by molar-refractivity contribution is -0.0894. The van der Waals surface area contributed by atoms with E-state index in [1.54, 1.807) is 0 Å². The van der Waals surface area contributed by atoms with E-state index >= 15 is 0 Å². The molecule has 0 unspecified atom stereocenters. The van der Waals surface area contributed by atoms with Gasteiger partial charge in [0.15, 0.2) is 0 Å². The highest BCUT2D eigenvalue weighted by atomic mass is 16.4. The highest BCUT2D eigenvalue weighted by Crippen LogP contribution is 2.15. The van der Waals surface area contributed by atoms with Crippen molar-refractivity contribution >= 4 is 0 Å². The normalized spacial score (nSPS) is 32.2. The monoisotopic (exact) mass is 289 g/mol. The first-order valence-corrected chi connectivity index (χ1v) is 8.01. The number of nitrogens with zero attached hydrogens (tertiary/aromatic N) is 1. The average Bonchev–Trinajstić information content (AvgIpc) is 2.51. The summed E-state index contributed by atoms with van der Waals surface area (Å²) in [7, 11) is 0. The summed E-state index contributed by atoms with van der Waals surface area (Å²) in [4.78, 5) is 1.93. The molecule has 0 aliphatic carbocycles. The molecule has 0 aromatic heterocycles. The fourth-order valence-corrected chi connectivity index (χ4v) is 2.75. The standard InChI is InChI=1S/C15H31NO4/c1-2-3-4-5-6-7-8-9-16-10-12(17)14(19)15(20)13(18)11-16/h12-15,17-20H,2-11H2,1H3/t12-,13+,14+,15-. The van der Waals surface area contributed by atoms with Gasteiger partial charge in [0.2, 0.25) is 0 Å². The summed E-state index contributed by atoms with van der Waals surface area (Å²) in [5.74, 6) is 0. The lowest BCUT2D eigenvalue weighted by Crippen LogP contribution is -2.43. The number of aliphatic hydroxyl groups is 4. The van der Waals surface area contributed by atoms with Gasteiger partial charge in [-0.2, -0.15) is 0 Å². The molecule has 1 aliphatic heterocycles. The molecule has 0 saturated carbocycles. The molecule has 5 nitrogen and oxygen atoms in total. The van der Waals surface area contributed by atoms with Gasteiger partial charge in [-0.1, -0.05) is 45.4 Å². The summed E-state index contributed by atoms with van der Waals surface area (Å²) in [6.45, 7) is 3.62. The third-order valence-electron chi connectivity index (χ3n) is 4.11. The lowest BCUT2D eigenvalue weighted by Gasteiger charge is -2.23. The maximum absolute atomic E-state index is 9.75. The van der Waals surface area contributed by atoms with E-state index < -0.39 is 24.4 Å². The average molecular weight is 289 g/mol. The molecule has 1 aliphatic rings. The number of hydrogen-bond donors (Lipinski definition) is 4. The zero-order chi connectivity index (χ0) is 15.0. The van der Waals surface area contributed by atoms with E-state index in [9.17, 15) is 20.4 Å². The van der Waals surface area contributed by atoms with Gasteiger partial charge in [-0.25, -0.2) is 0 Å². The summed E-state index contributed by atoms with van der Waals surface area (Å²) >= 11 is 0. The molecule has 20 heavy (non-hydrogen) atoms. The molecule has 1 fully saturated rings. The van der Waals surface area contributed by atoms with Crippen LogP contribution in [0.2, 0.25) is 0 Å². The van der Waals surface area contributed by atoms with Crippen LogP contribution in [-0.4, -0.2) is 69.4 Å². The Morgan fingerprint density at radius 1 is 0.750 bits per heavy atom. The van der Waals surface area contributed by atoms with Gasteiger partial charge in [0.25, 0.3) is 0 Å². The van der Waals surface area contributed by atoms with E-state index in [4.69, 9.17) is 0 Å². The minimum Gasteiger partial charge on any atom is -0.389 e. The molecule has 0 bridgehead atoms. The first-order chi connectivity index (χ1) is 9.56. The van der Waals surface area contributed by atoms with Crippen molar-refractivity contribution in [3.63, 3.8) is 0 Å². The molecule has 0 spiro atoms. The van der Waals surface area contributed by atoms with Crippen LogP contribution in [0.15, 0.2) is 0 Å². The summed E-state index contributed by atoms with van der Waals surface area (Å²) in [6, 6.07) is 0. The van der Waals surface area contributed by atoms with Crippen molar-refractivity contribution in [2.45, 2.75) is 76.3 Å². The van der Waals surface area contributed by atoms with Crippen LogP contribution in [-0.2, 0) is 0 Å². The van der Waals surface area contributed by atoms with Crippen LogP contribution in [0, 0.1) is 0 Å². The molecule has 120 valence electrons. The van der Waals surface area contributed by atoms with Crippen LogP contribution in [0.5, 0.6) is 0 Å².